The highest BCUT2D eigenvalue weighted by Crippen LogP contribution is 2.23. The Morgan fingerprint density at radius 2 is 1.88 bits per heavy atom. The Hall–Kier alpha value is -2.93. The fourth-order valence-corrected chi connectivity index (χ4v) is 2.36. The minimum Gasteiger partial charge on any atom is -0.449 e. The van der Waals surface area contributed by atoms with Crippen LogP contribution in [0.4, 0.5) is 11.4 Å². The van der Waals surface area contributed by atoms with E-state index in [-0.39, 0.29) is 16.3 Å². The molecular weight excluding hydrogens is 360 g/mol. The summed E-state index contributed by atoms with van der Waals surface area (Å²) in [6.45, 7) is 5.14. The first kappa shape index (κ1) is 19.4. The number of esters is 1. The van der Waals surface area contributed by atoms with Crippen LogP contribution in [0.5, 0.6) is 0 Å². The predicted molar refractivity (Wildman–Crippen MR) is 97.5 cm³/mol. The van der Waals surface area contributed by atoms with Gasteiger partial charge in [0.05, 0.1) is 15.5 Å². The molecule has 26 heavy (non-hydrogen) atoms. The topological polar surface area (TPSA) is 98.5 Å². The molecule has 1 amide bonds. The number of amides is 1. The Kier molecular flexibility index (Phi) is 5.94. The van der Waals surface area contributed by atoms with Gasteiger partial charge in [-0.1, -0.05) is 23.7 Å². The Balaban J connectivity index is 2.11. The molecule has 2 aromatic rings. The molecule has 2 aromatic carbocycles. The van der Waals surface area contributed by atoms with Crippen molar-refractivity contribution in [1.82, 2.24) is 0 Å². The van der Waals surface area contributed by atoms with Crippen molar-refractivity contribution in [1.29, 1.82) is 0 Å². The number of anilines is 1. The normalized spacial score (nSPS) is 11.5. The quantitative estimate of drug-likeness (QED) is 0.482. The molecule has 1 N–H and O–H groups in total. The third-order valence-electron chi connectivity index (χ3n) is 3.68. The van der Waals surface area contributed by atoms with Gasteiger partial charge in [0, 0.05) is 17.8 Å². The van der Waals surface area contributed by atoms with E-state index < -0.39 is 22.9 Å². The van der Waals surface area contributed by atoms with Gasteiger partial charge in [-0.05, 0) is 44.0 Å². The van der Waals surface area contributed by atoms with Gasteiger partial charge in [0.15, 0.2) is 6.10 Å². The number of benzene rings is 2. The molecule has 1 unspecified atom stereocenters. The molecule has 0 aliphatic heterocycles. The van der Waals surface area contributed by atoms with Crippen LogP contribution in [0, 0.1) is 24.0 Å². The average Bonchev–Trinajstić information content (AvgIpc) is 2.58. The second-order valence-electron chi connectivity index (χ2n) is 5.78. The molecule has 0 radical (unpaired) electrons. The van der Waals surface area contributed by atoms with Crippen LogP contribution in [0.15, 0.2) is 36.4 Å². The summed E-state index contributed by atoms with van der Waals surface area (Å²) in [7, 11) is 0. The molecule has 2 rings (SSSR count). The lowest BCUT2D eigenvalue weighted by Crippen LogP contribution is -2.30. The summed E-state index contributed by atoms with van der Waals surface area (Å²) in [5.41, 5.74) is 1.98. The zero-order valence-corrected chi connectivity index (χ0v) is 15.2. The van der Waals surface area contributed by atoms with E-state index in [1.165, 1.54) is 19.1 Å². The number of hydrogen-bond acceptors (Lipinski definition) is 5. The standard InChI is InChI=1S/C18H17ClN2O5/c1-10-4-5-11(2)16(8-10)20-17(22)12(3)26-18(23)14-9-13(21(24)25)6-7-15(14)19/h4-9,12H,1-3H3,(H,20,22). The van der Waals surface area contributed by atoms with Gasteiger partial charge in [0.2, 0.25) is 0 Å². The lowest BCUT2D eigenvalue weighted by molar-refractivity contribution is -0.384. The Morgan fingerprint density at radius 1 is 1.19 bits per heavy atom. The number of carbonyl (C=O) groups is 2. The van der Waals surface area contributed by atoms with E-state index in [1.54, 1.807) is 6.07 Å². The molecule has 7 nitrogen and oxygen atoms in total. The molecule has 0 fully saturated rings. The van der Waals surface area contributed by atoms with E-state index in [0.29, 0.717) is 5.69 Å². The molecule has 0 bridgehead atoms. The van der Waals surface area contributed by atoms with Gasteiger partial charge in [0.25, 0.3) is 11.6 Å². The number of nitrogens with one attached hydrogen (secondary N) is 1. The van der Waals surface area contributed by atoms with Crippen molar-refractivity contribution in [3.63, 3.8) is 0 Å². The fourth-order valence-electron chi connectivity index (χ4n) is 2.17. The van der Waals surface area contributed by atoms with Crippen molar-refractivity contribution in [3.05, 3.63) is 68.2 Å². The first-order valence-electron chi connectivity index (χ1n) is 7.72. The highest BCUT2D eigenvalue weighted by Gasteiger charge is 2.23. The Morgan fingerprint density at radius 3 is 2.54 bits per heavy atom. The van der Waals surface area contributed by atoms with Crippen molar-refractivity contribution in [2.45, 2.75) is 26.9 Å². The molecule has 136 valence electrons. The summed E-state index contributed by atoms with van der Waals surface area (Å²) in [6.07, 6.45) is -1.11. The van der Waals surface area contributed by atoms with Gasteiger partial charge >= 0.3 is 5.97 Å². The second kappa shape index (κ2) is 7.97. The molecular formula is C18H17ClN2O5. The van der Waals surface area contributed by atoms with Crippen LogP contribution in [0.1, 0.15) is 28.4 Å². The monoisotopic (exact) mass is 376 g/mol. The lowest BCUT2D eigenvalue weighted by atomic mass is 10.1. The van der Waals surface area contributed by atoms with E-state index in [2.05, 4.69) is 5.32 Å². The number of rotatable bonds is 5. The predicted octanol–water partition coefficient (Wildman–Crippen LogP) is 4.05. The first-order valence-corrected chi connectivity index (χ1v) is 8.10. The molecule has 0 saturated carbocycles. The Labute approximate surface area is 155 Å². The van der Waals surface area contributed by atoms with Gasteiger partial charge in [-0.2, -0.15) is 0 Å². The van der Waals surface area contributed by atoms with Crippen molar-refractivity contribution in [2.75, 3.05) is 5.32 Å². The van der Waals surface area contributed by atoms with Crippen molar-refractivity contribution >= 4 is 34.9 Å². The fraction of sp³-hybridized carbons (Fsp3) is 0.222. The van der Waals surface area contributed by atoms with Gasteiger partial charge in [-0.25, -0.2) is 4.79 Å². The third-order valence-corrected chi connectivity index (χ3v) is 4.01. The summed E-state index contributed by atoms with van der Waals surface area (Å²) in [5.74, 6) is -1.43. The van der Waals surface area contributed by atoms with Crippen LogP contribution in [-0.2, 0) is 9.53 Å². The minimum atomic E-state index is -1.11. The summed E-state index contributed by atoms with van der Waals surface area (Å²) < 4.78 is 5.10. The summed E-state index contributed by atoms with van der Waals surface area (Å²) in [4.78, 5) is 34.7. The summed E-state index contributed by atoms with van der Waals surface area (Å²) in [6, 6.07) is 9.01. The SMILES string of the molecule is Cc1ccc(C)c(NC(=O)C(C)OC(=O)c2cc([N+](=O)[O-])ccc2Cl)c1. The minimum absolute atomic E-state index is 0.00253. The average molecular weight is 377 g/mol. The maximum absolute atomic E-state index is 12.3. The van der Waals surface area contributed by atoms with E-state index in [9.17, 15) is 19.7 Å². The number of hydrogen-bond donors (Lipinski definition) is 1. The number of nitro benzene ring substituents is 1. The summed E-state index contributed by atoms with van der Waals surface area (Å²) in [5, 5.41) is 13.5. The largest absolute Gasteiger partial charge is 0.449 e. The van der Waals surface area contributed by atoms with E-state index in [0.717, 1.165) is 17.2 Å². The van der Waals surface area contributed by atoms with Crippen LogP contribution in [0.3, 0.4) is 0 Å². The van der Waals surface area contributed by atoms with Gasteiger partial charge < -0.3 is 10.1 Å². The molecule has 0 aromatic heterocycles. The maximum Gasteiger partial charge on any atom is 0.340 e. The number of halogens is 1. The lowest BCUT2D eigenvalue weighted by Gasteiger charge is -2.15. The number of carbonyl (C=O) groups excluding carboxylic acids is 2. The van der Waals surface area contributed by atoms with Crippen LogP contribution in [0.2, 0.25) is 5.02 Å². The number of non-ortho nitro benzene ring substituents is 1. The molecule has 1 atom stereocenters. The van der Waals surface area contributed by atoms with Crippen LogP contribution in [0.25, 0.3) is 0 Å². The highest BCUT2D eigenvalue weighted by molar-refractivity contribution is 6.33. The van der Waals surface area contributed by atoms with Crippen molar-refractivity contribution in [3.8, 4) is 0 Å². The number of nitrogens with zero attached hydrogens (tertiary/aromatic N) is 1. The molecule has 8 heteroatoms. The van der Waals surface area contributed by atoms with Crippen LogP contribution in [-0.4, -0.2) is 22.9 Å². The Bertz CT molecular complexity index is 882. The van der Waals surface area contributed by atoms with Crippen LogP contribution < -0.4 is 5.32 Å². The molecule has 0 heterocycles. The van der Waals surface area contributed by atoms with Gasteiger partial charge in [0.1, 0.15) is 0 Å². The molecule has 0 spiro atoms. The smallest absolute Gasteiger partial charge is 0.340 e. The number of ether oxygens (including phenoxy) is 1. The molecule has 0 saturated heterocycles. The highest BCUT2D eigenvalue weighted by atomic mass is 35.5. The second-order valence-corrected chi connectivity index (χ2v) is 6.18. The maximum atomic E-state index is 12.3. The summed E-state index contributed by atoms with van der Waals surface area (Å²) >= 11 is 5.90. The zero-order valence-electron chi connectivity index (χ0n) is 14.4. The zero-order chi connectivity index (χ0) is 19.4. The molecule has 0 aliphatic carbocycles. The van der Waals surface area contributed by atoms with E-state index >= 15 is 0 Å². The number of nitro groups is 1. The van der Waals surface area contributed by atoms with Crippen molar-refractivity contribution < 1.29 is 19.2 Å². The van der Waals surface area contributed by atoms with Gasteiger partial charge in [-0.15, -0.1) is 0 Å². The van der Waals surface area contributed by atoms with Crippen LogP contribution >= 0.6 is 11.6 Å². The van der Waals surface area contributed by atoms with Crippen molar-refractivity contribution in [2.24, 2.45) is 0 Å². The number of aryl methyl sites for hydroxylation is 2. The van der Waals surface area contributed by atoms with Gasteiger partial charge in [-0.3, -0.25) is 14.9 Å². The third kappa shape index (κ3) is 4.58. The first-order chi connectivity index (χ1) is 12.2. The van der Waals surface area contributed by atoms with E-state index in [1.807, 2.05) is 26.0 Å². The molecule has 0 aliphatic rings. The van der Waals surface area contributed by atoms with E-state index in [4.69, 9.17) is 16.3 Å².